The summed E-state index contributed by atoms with van der Waals surface area (Å²) in [5.41, 5.74) is 5.51. The predicted octanol–water partition coefficient (Wildman–Crippen LogP) is 2.80. The first-order valence-corrected chi connectivity index (χ1v) is 7.98. The zero-order valence-corrected chi connectivity index (χ0v) is 14.5. The summed E-state index contributed by atoms with van der Waals surface area (Å²) >= 11 is 0. The number of hydrazine groups is 1. The molecular weight excluding hydrogens is 320 g/mol. The number of para-hydroxylation sites is 1. The molecule has 2 N–H and O–H groups in total. The van der Waals surface area contributed by atoms with Crippen molar-refractivity contribution in [1.29, 1.82) is 0 Å². The Hall–Kier alpha value is -3.02. The van der Waals surface area contributed by atoms with Crippen molar-refractivity contribution in [2.75, 3.05) is 13.7 Å². The van der Waals surface area contributed by atoms with E-state index in [4.69, 9.17) is 9.47 Å². The Morgan fingerprint density at radius 2 is 1.60 bits per heavy atom. The van der Waals surface area contributed by atoms with Crippen molar-refractivity contribution in [1.82, 2.24) is 10.9 Å². The van der Waals surface area contributed by atoms with Gasteiger partial charge in [-0.2, -0.15) is 0 Å². The SMILES string of the molecule is COc1ccccc1C(=O)NNC(=O)c1ccc(OCC(C)C)cc1. The molecule has 0 saturated heterocycles. The Bertz CT molecular complexity index is 726. The number of carbonyl (C=O) groups is 2. The van der Waals surface area contributed by atoms with Crippen molar-refractivity contribution < 1.29 is 19.1 Å². The smallest absolute Gasteiger partial charge is 0.273 e. The topological polar surface area (TPSA) is 76.7 Å². The number of amides is 2. The van der Waals surface area contributed by atoms with E-state index in [0.29, 0.717) is 35.2 Å². The molecule has 0 fully saturated rings. The van der Waals surface area contributed by atoms with Crippen molar-refractivity contribution in [3.8, 4) is 11.5 Å². The maximum absolute atomic E-state index is 12.1. The molecule has 0 aliphatic rings. The lowest BCUT2D eigenvalue weighted by Crippen LogP contribution is -2.41. The average molecular weight is 342 g/mol. The lowest BCUT2D eigenvalue weighted by molar-refractivity contribution is 0.0845. The molecular formula is C19H22N2O4. The molecule has 2 amide bonds. The molecule has 2 rings (SSSR count). The van der Waals surface area contributed by atoms with Gasteiger partial charge in [0.25, 0.3) is 11.8 Å². The molecule has 0 aliphatic carbocycles. The highest BCUT2D eigenvalue weighted by atomic mass is 16.5. The van der Waals surface area contributed by atoms with Gasteiger partial charge in [-0.05, 0) is 42.3 Å². The van der Waals surface area contributed by atoms with Crippen molar-refractivity contribution in [3.05, 3.63) is 59.7 Å². The Kier molecular flexibility index (Phi) is 6.39. The van der Waals surface area contributed by atoms with Gasteiger partial charge in [-0.15, -0.1) is 0 Å². The van der Waals surface area contributed by atoms with Crippen LogP contribution in [0.5, 0.6) is 11.5 Å². The van der Waals surface area contributed by atoms with Gasteiger partial charge in [-0.25, -0.2) is 0 Å². The minimum absolute atomic E-state index is 0.336. The van der Waals surface area contributed by atoms with Crippen LogP contribution in [0, 0.1) is 5.92 Å². The highest BCUT2D eigenvalue weighted by molar-refractivity contribution is 6.00. The molecule has 0 unspecified atom stereocenters. The highest BCUT2D eigenvalue weighted by Crippen LogP contribution is 2.16. The Morgan fingerprint density at radius 1 is 0.960 bits per heavy atom. The molecule has 2 aromatic rings. The number of benzene rings is 2. The van der Waals surface area contributed by atoms with E-state index >= 15 is 0 Å². The van der Waals surface area contributed by atoms with E-state index < -0.39 is 11.8 Å². The van der Waals surface area contributed by atoms with E-state index in [9.17, 15) is 9.59 Å². The molecule has 0 aromatic heterocycles. The molecule has 2 aromatic carbocycles. The maximum atomic E-state index is 12.1. The van der Waals surface area contributed by atoms with Gasteiger partial charge in [0, 0.05) is 5.56 Å². The van der Waals surface area contributed by atoms with Crippen LogP contribution < -0.4 is 20.3 Å². The minimum Gasteiger partial charge on any atom is -0.496 e. The molecule has 132 valence electrons. The predicted molar refractivity (Wildman–Crippen MR) is 94.7 cm³/mol. The first kappa shape index (κ1) is 18.3. The molecule has 0 radical (unpaired) electrons. The Labute approximate surface area is 147 Å². The molecule has 0 saturated carbocycles. The van der Waals surface area contributed by atoms with Gasteiger partial charge in [-0.1, -0.05) is 26.0 Å². The number of ether oxygens (including phenoxy) is 2. The zero-order valence-electron chi connectivity index (χ0n) is 14.5. The molecule has 0 spiro atoms. The molecule has 6 heteroatoms. The second kappa shape index (κ2) is 8.73. The van der Waals surface area contributed by atoms with Gasteiger partial charge in [0.05, 0.1) is 19.3 Å². The number of hydrogen-bond donors (Lipinski definition) is 2. The van der Waals surface area contributed by atoms with Crippen LogP contribution in [0.3, 0.4) is 0 Å². The first-order valence-electron chi connectivity index (χ1n) is 7.98. The summed E-state index contributed by atoms with van der Waals surface area (Å²) in [7, 11) is 1.48. The highest BCUT2D eigenvalue weighted by Gasteiger charge is 2.13. The second-order valence-corrected chi connectivity index (χ2v) is 5.84. The van der Waals surface area contributed by atoms with Crippen molar-refractivity contribution in [2.45, 2.75) is 13.8 Å². The standard InChI is InChI=1S/C19H22N2O4/c1-13(2)12-25-15-10-8-14(9-11-15)18(22)20-21-19(23)16-6-4-5-7-17(16)24-3/h4-11,13H,12H2,1-3H3,(H,20,22)(H,21,23). The van der Waals surface area contributed by atoms with Gasteiger partial charge in [-0.3, -0.25) is 20.4 Å². The zero-order chi connectivity index (χ0) is 18.2. The maximum Gasteiger partial charge on any atom is 0.273 e. The summed E-state index contributed by atoms with van der Waals surface area (Å²) in [5, 5.41) is 0. The fourth-order valence-electron chi connectivity index (χ4n) is 2.05. The van der Waals surface area contributed by atoms with Crippen LogP contribution in [-0.2, 0) is 0 Å². The Balaban J connectivity index is 1.92. The van der Waals surface area contributed by atoms with Crippen LogP contribution in [0.4, 0.5) is 0 Å². The molecule has 0 bridgehead atoms. The number of carbonyl (C=O) groups excluding carboxylic acids is 2. The number of hydrogen-bond acceptors (Lipinski definition) is 4. The van der Waals surface area contributed by atoms with Crippen LogP contribution in [0.1, 0.15) is 34.6 Å². The lowest BCUT2D eigenvalue weighted by atomic mass is 10.2. The monoisotopic (exact) mass is 342 g/mol. The van der Waals surface area contributed by atoms with Crippen LogP contribution in [-0.4, -0.2) is 25.5 Å². The third-order valence-electron chi connectivity index (χ3n) is 3.34. The lowest BCUT2D eigenvalue weighted by Gasteiger charge is -2.11. The number of methoxy groups -OCH3 is 1. The van der Waals surface area contributed by atoms with Crippen LogP contribution >= 0.6 is 0 Å². The largest absolute Gasteiger partial charge is 0.496 e. The van der Waals surface area contributed by atoms with Crippen LogP contribution in [0.2, 0.25) is 0 Å². The summed E-state index contributed by atoms with van der Waals surface area (Å²) in [4.78, 5) is 24.3. The number of rotatable bonds is 6. The summed E-state index contributed by atoms with van der Waals surface area (Å²) in [6, 6.07) is 13.5. The van der Waals surface area contributed by atoms with Crippen molar-refractivity contribution in [2.24, 2.45) is 5.92 Å². The third kappa shape index (κ3) is 5.24. The summed E-state index contributed by atoms with van der Waals surface area (Å²) in [6.45, 7) is 4.74. The van der Waals surface area contributed by atoms with Crippen molar-refractivity contribution in [3.63, 3.8) is 0 Å². The normalized spacial score (nSPS) is 10.2. The molecule has 0 aliphatic heterocycles. The molecule has 0 atom stereocenters. The fourth-order valence-corrected chi connectivity index (χ4v) is 2.05. The van der Waals surface area contributed by atoms with E-state index in [-0.39, 0.29) is 0 Å². The molecule has 6 nitrogen and oxygen atoms in total. The van der Waals surface area contributed by atoms with Gasteiger partial charge in [0.1, 0.15) is 11.5 Å². The summed E-state index contributed by atoms with van der Waals surface area (Å²) in [6.07, 6.45) is 0. The van der Waals surface area contributed by atoms with E-state index in [0.717, 1.165) is 0 Å². The van der Waals surface area contributed by atoms with E-state index in [1.807, 2.05) is 0 Å². The van der Waals surface area contributed by atoms with Crippen LogP contribution in [0.25, 0.3) is 0 Å². The fraction of sp³-hybridized carbons (Fsp3) is 0.263. The Morgan fingerprint density at radius 3 is 2.24 bits per heavy atom. The molecule has 0 heterocycles. The van der Waals surface area contributed by atoms with E-state index in [1.54, 1.807) is 48.5 Å². The van der Waals surface area contributed by atoms with Gasteiger partial charge in [0.2, 0.25) is 0 Å². The van der Waals surface area contributed by atoms with Gasteiger partial charge >= 0.3 is 0 Å². The number of nitrogens with one attached hydrogen (secondary N) is 2. The average Bonchev–Trinajstić information content (AvgIpc) is 2.64. The van der Waals surface area contributed by atoms with E-state index in [2.05, 4.69) is 24.7 Å². The summed E-state index contributed by atoms with van der Waals surface area (Å²) in [5.74, 6) is 0.679. The van der Waals surface area contributed by atoms with Crippen LogP contribution in [0.15, 0.2) is 48.5 Å². The van der Waals surface area contributed by atoms with E-state index in [1.165, 1.54) is 7.11 Å². The molecule has 25 heavy (non-hydrogen) atoms. The quantitative estimate of drug-likeness (QED) is 0.792. The summed E-state index contributed by atoms with van der Waals surface area (Å²) < 4.78 is 10.7. The second-order valence-electron chi connectivity index (χ2n) is 5.84. The van der Waals surface area contributed by atoms with Crippen molar-refractivity contribution >= 4 is 11.8 Å². The minimum atomic E-state index is -0.456. The first-order chi connectivity index (χ1) is 12.0. The third-order valence-corrected chi connectivity index (χ3v) is 3.34. The van der Waals surface area contributed by atoms with Gasteiger partial charge in [0.15, 0.2) is 0 Å². The van der Waals surface area contributed by atoms with Gasteiger partial charge < -0.3 is 9.47 Å².